The lowest BCUT2D eigenvalue weighted by Gasteiger charge is -2.32. The van der Waals surface area contributed by atoms with Gasteiger partial charge < -0.3 is 0 Å². The van der Waals surface area contributed by atoms with Crippen molar-refractivity contribution in [3.8, 4) is 0 Å². The summed E-state index contributed by atoms with van der Waals surface area (Å²) in [6, 6.07) is 16.8. The fraction of sp³-hybridized carbons (Fsp3) is 0.855. The molecule has 0 N–H and O–H groups in total. The minimum absolute atomic E-state index is 0.500. The van der Waals surface area contributed by atoms with E-state index in [2.05, 4.69) is 252 Å². The molecule has 4 aliphatic rings. The van der Waals surface area contributed by atoms with Crippen molar-refractivity contribution in [1.82, 2.24) is 0 Å². The van der Waals surface area contributed by atoms with E-state index in [0.717, 1.165) is 35.5 Å². The van der Waals surface area contributed by atoms with E-state index in [9.17, 15) is 0 Å². The van der Waals surface area contributed by atoms with Gasteiger partial charge in [-0.05, 0) is 109 Å². The maximum atomic E-state index is 2.39. The van der Waals surface area contributed by atoms with E-state index in [-0.39, 0.29) is 0 Å². The minimum atomic E-state index is 0.500. The van der Waals surface area contributed by atoms with Crippen molar-refractivity contribution in [1.29, 1.82) is 0 Å². The molecule has 0 aromatic heterocycles. The predicted octanol–water partition coefficient (Wildman–Crippen LogP) is 31.8. The molecule has 0 radical (unpaired) electrons. The summed E-state index contributed by atoms with van der Waals surface area (Å²) < 4.78 is 0. The SMILES string of the molecule is CC.CC.CC.CC(C)(C)C.CC(C)C.CC1CCC(C)(C)CC1.CC1CCCC1.CC1CCCCC1.CCC.CCC.CCC(C)(C)C.CCC(C)(C)C.CCC(C)C.CCC1CCCC1.Cc1ccc(C)c(C)c1.Cc1ccccc1. The second-order valence-corrected chi connectivity index (χ2v) is 30.1. The van der Waals surface area contributed by atoms with Gasteiger partial charge in [-0.3, -0.25) is 0 Å². The molecule has 0 atom stereocenters. The second kappa shape index (κ2) is 72.9. The first kappa shape index (κ1) is 103. The van der Waals surface area contributed by atoms with Crippen LogP contribution in [0.3, 0.4) is 0 Å². The van der Waals surface area contributed by atoms with Crippen LogP contribution in [-0.2, 0) is 0 Å². The number of benzene rings is 2. The van der Waals surface area contributed by atoms with Crippen LogP contribution in [0.15, 0.2) is 48.5 Å². The highest BCUT2D eigenvalue weighted by molar-refractivity contribution is 5.28. The molecule has 506 valence electrons. The van der Waals surface area contributed by atoms with Crippen LogP contribution >= 0.6 is 0 Å². The highest BCUT2D eigenvalue weighted by atomic mass is 14.3. The lowest BCUT2D eigenvalue weighted by Crippen LogP contribution is -2.19. The summed E-state index contributed by atoms with van der Waals surface area (Å²) in [6.45, 7) is 82.9. The average molecular weight is 1170 g/mol. The summed E-state index contributed by atoms with van der Waals surface area (Å²) in [5.74, 6) is 5.90. The molecule has 2 aromatic rings. The summed E-state index contributed by atoms with van der Waals surface area (Å²) >= 11 is 0. The van der Waals surface area contributed by atoms with Crippen molar-refractivity contribution in [2.75, 3.05) is 0 Å². The monoisotopic (exact) mass is 1170 g/mol. The van der Waals surface area contributed by atoms with Crippen molar-refractivity contribution >= 4 is 0 Å². The van der Waals surface area contributed by atoms with Crippen LogP contribution in [0.5, 0.6) is 0 Å². The van der Waals surface area contributed by atoms with Crippen molar-refractivity contribution in [2.45, 2.75) is 411 Å². The first-order valence-electron chi connectivity index (χ1n) is 36.4. The molecule has 0 amide bonds. The van der Waals surface area contributed by atoms with Crippen LogP contribution < -0.4 is 0 Å². The normalized spacial score (nSPS) is 14.9. The zero-order valence-corrected chi connectivity index (χ0v) is 66.3. The van der Waals surface area contributed by atoms with Gasteiger partial charge in [0.2, 0.25) is 0 Å². The third-order valence-corrected chi connectivity index (χ3v) is 13.8. The molecule has 0 heterocycles. The molecule has 0 heteroatoms. The van der Waals surface area contributed by atoms with Crippen molar-refractivity contribution < 1.29 is 0 Å². The fourth-order valence-electron chi connectivity index (χ4n) is 6.82. The third kappa shape index (κ3) is 123. The van der Waals surface area contributed by atoms with Gasteiger partial charge in [-0.2, -0.15) is 0 Å². The maximum Gasteiger partial charge on any atom is -0.0354 e. The Morgan fingerprint density at radius 1 is 0.422 bits per heavy atom. The van der Waals surface area contributed by atoms with Gasteiger partial charge in [0.05, 0.1) is 0 Å². The first-order valence-corrected chi connectivity index (χ1v) is 36.4. The van der Waals surface area contributed by atoms with Crippen molar-refractivity contribution in [3.05, 3.63) is 70.8 Å². The molecule has 0 unspecified atom stereocenters. The molecule has 4 aliphatic carbocycles. The molecular formula is C83H174. The first-order chi connectivity index (χ1) is 38.4. The van der Waals surface area contributed by atoms with E-state index >= 15 is 0 Å². The Morgan fingerprint density at radius 2 is 0.687 bits per heavy atom. The Morgan fingerprint density at radius 3 is 0.843 bits per heavy atom. The number of rotatable bonds is 2. The highest BCUT2D eigenvalue weighted by Gasteiger charge is 2.24. The van der Waals surface area contributed by atoms with E-state index in [1.54, 1.807) is 0 Å². The standard InChI is InChI=1S/C9H18.C9H12.C7H14.C7H8.C7H14.C6H12.2C6H14.2C5H12.C4H10.2C3H8.3C2H6/c1-8-4-6-9(2,3)7-5-8;1-7-4-5-8(2)9(3)6-7;2*1-7-5-3-2-4-6-7;1-2-7-5-3-4-6-7;1-6-4-2-3-5-6;2*1-5-6(2,3)4;1-5(2,3)4;1-4-5(2)3;1-4(2)3;2*1-3-2;3*1-2/h8H,4-7H2,1-3H3;4-6H,1-3H3;7H,2-6H2,1H3;2-6H,1H3;7H,2-6H2,1H3;6H,2-5H2,1H3;2*5H2,1-4H3;1-4H3;5H,4H2,1-3H3;4H,1-3H3;2*3H2,1-2H3;3*1-2H3. The molecule has 0 spiro atoms. The lowest BCUT2D eigenvalue weighted by atomic mass is 9.74. The summed E-state index contributed by atoms with van der Waals surface area (Å²) in [7, 11) is 0. The lowest BCUT2D eigenvalue weighted by molar-refractivity contribution is 0.201. The number of hydrogen-bond donors (Lipinski definition) is 0. The van der Waals surface area contributed by atoms with E-state index in [1.807, 2.05) is 59.7 Å². The smallest absolute Gasteiger partial charge is 0.0354 e. The van der Waals surface area contributed by atoms with E-state index in [1.165, 1.54) is 170 Å². The fourth-order valence-corrected chi connectivity index (χ4v) is 6.82. The average Bonchev–Trinajstić information content (AvgIpc) is 4.14. The van der Waals surface area contributed by atoms with E-state index < -0.39 is 0 Å². The molecular weight excluding hydrogens is 997 g/mol. The zero-order chi connectivity index (χ0) is 67.7. The van der Waals surface area contributed by atoms with Crippen LogP contribution in [0, 0.1) is 84.9 Å². The molecule has 0 bridgehead atoms. The number of aryl methyl sites for hydroxylation is 4. The Hall–Kier alpha value is -1.56. The zero-order valence-electron chi connectivity index (χ0n) is 66.3. The van der Waals surface area contributed by atoms with Gasteiger partial charge in [0.25, 0.3) is 0 Å². The van der Waals surface area contributed by atoms with Crippen LogP contribution in [-0.4, -0.2) is 0 Å². The van der Waals surface area contributed by atoms with Gasteiger partial charge in [0.15, 0.2) is 0 Å². The quantitative estimate of drug-likeness (QED) is 0.281. The van der Waals surface area contributed by atoms with Gasteiger partial charge in [-0.1, -0.05) is 430 Å². The van der Waals surface area contributed by atoms with Crippen LogP contribution in [0.2, 0.25) is 0 Å². The molecule has 4 fully saturated rings. The van der Waals surface area contributed by atoms with E-state index in [4.69, 9.17) is 0 Å². The van der Waals surface area contributed by atoms with Crippen LogP contribution in [0.4, 0.5) is 0 Å². The van der Waals surface area contributed by atoms with Gasteiger partial charge in [0.1, 0.15) is 0 Å². The summed E-state index contributed by atoms with van der Waals surface area (Å²) in [5.41, 5.74) is 7.67. The Kier molecular flexibility index (Phi) is 90.7. The van der Waals surface area contributed by atoms with Gasteiger partial charge in [-0.25, -0.2) is 0 Å². The second-order valence-electron chi connectivity index (χ2n) is 30.1. The van der Waals surface area contributed by atoms with Gasteiger partial charge in [0, 0.05) is 0 Å². The Labute approximate surface area is 535 Å². The molecule has 0 saturated heterocycles. The van der Waals surface area contributed by atoms with Gasteiger partial charge in [-0.15, -0.1) is 0 Å². The summed E-state index contributed by atoms with van der Waals surface area (Å²) in [6.07, 6.45) is 32.9. The molecule has 2 aromatic carbocycles. The number of hydrogen-bond acceptors (Lipinski definition) is 0. The minimum Gasteiger partial charge on any atom is -0.0683 e. The molecule has 6 rings (SSSR count). The van der Waals surface area contributed by atoms with Crippen LogP contribution in [0.1, 0.15) is 405 Å². The van der Waals surface area contributed by atoms with Crippen LogP contribution in [0.25, 0.3) is 0 Å². The topological polar surface area (TPSA) is 0 Å². The largest absolute Gasteiger partial charge is 0.0683 e. The summed E-state index contributed by atoms with van der Waals surface area (Å²) in [5, 5.41) is 0. The van der Waals surface area contributed by atoms with Crippen molar-refractivity contribution in [3.63, 3.8) is 0 Å². The van der Waals surface area contributed by atoms with E-state index in [0.29, 0.717) is 21.7 Å². The van der Waals surface area contributed by atoms with Crippen molar-refractivity contribution in [2.24, 2.45) is 57.2 Å². The molecule has 83 heavy (non-hydrogen) atoms. The maximum absolute atomic E-state index is 2.39. The summed E-state index contributed by atoms with van der Waals surface area (Å²) in [4.78, 5) is 0. The highest BCUT2D eigenvalue weighted by Crippen LogP contribution is 2.37. The predicted molar refractivity (Wildman–Crippen MR) is 402 cm³/mol. The molecule has 4 saturated carbocycles. The van der Waals surface area contributed by atoms with Gasteiger partial charge >= 0.3 is 0 Å². The molecule has 0 aliphatic heterocycles. The third-order valence-electron chi connectivity index (χ3n) is 13.8. The molecule has 0 nitrogen and oxygen atoms in total. The Balaban J connectivity index is -0.0000000871. The Bertz CT molecular complexity index is 1330.